The van der Waals surface area contributed by atoms with Gasteiger partial charge in [-0.1, -0.05) is 0 Å². The zero-order valence-electron chi connectivity index (χ0n) is 46.0. The lowest BCUT2D eigenvalue weighted by molar-refractivity contribution is 0.0955. The second-order valence-corrected chi connectivity index (χ2v) is 19.3. The van der Waals surface area contributed by atoms with Gasteiger partial charge in [0.1, 0.15) is 23.0 Å². The van der Waals surface area contributed by atoms with Crippen molar-refractivity contribution in [2.45, 2.75) is 53.9 Å². The lowest BCUT2D eigenvalue weighted by Crippen LogP contribution is -2.32. The van der Waals surface area contributed by atoms with Crippen LogP contribution in [0.15, 0.2) is 84.9 Å². The summed E-state index contributed by atoms with van der Waals surface area (Å²) in [5.41, 5.74) is 7.21. The number of ether oxygens (including phenoxy) is 4. The first-order valence-electron chi connectivity index (χ1n) is 25.6. The molecule has 80 heavy (non-hydrogen) atoms. The number of methoxy groups -OCH3 is 4. The quantitative estimate of drug-likeness (QED) is 0.0705. The van der Waals surface area contributed by atoms with E-state index in [4.69, 9.17) is 18.9 Å². The van der Waals surface area contributed by atoms with Gasteiger partial charge in [-0.15, -0.1) is 0 Å². The van der Waals surface area contributed by atoms with Crippen LogP contribution in [0.4, 0.5) is 41.9 Å². The van der Waals surface area contributed by atoms with Crippen molar-refractivity contribution in [3.8, 4) is 23.0 Å². The van der Waals surface area contributed by atoms with E-state index in [1.807, 2.05) is 76.2 Å². The molecule has 0 aromatic heterocycles. The van der Waals surface area contributed by atoms with E-state index in [-0.39, 0.29) is 60.1 Å². The largest absolute Gasteiger partial charge is 0.496 e. The number of fused-ring (bicyclic) bond motifs is 8. The van der Waals surface area contributed by atoms with Gasteiger partial charge < -0.3 is 72.1 Å². The minimum absolute atomic E-state index is 0.00855. The van der Waals surface area contributed by atoms with Crippen LogP contribution < -0.4 is 72.1 Å². The van der Waals surface area contributed by atoms with Gasteiger partial charge in [0, 0.05) is 51.4 Å². The van der Waals surface area contributed by atoms with Gasteiger partial charge >= 0.3 is 24.1 Å². The number of urea groups is 4. The molecule has 20 heteroatoms. The molecule has 10 amide bonds. The third-order valence-corrected chi connectivity index (χ3v) is 14.5. The molecule has 1 heterocycles. The standard InChI is InChI=1S/C60H62N10O10/c1-29-15-35-39(21-51(29)77-7)45-27-64-58(74)68-48-14-12-34(56(72)62-6)20-50(48)70-60(76)66-28-46-41-23-53(79-9)31(3)17-37(41)44(38-18-32(4)54(80-10)24-42(38)46)26-65-59(75)69-49-19-33(55(71)61-5)11-13-47(49)67-57(73)63-25-43(35)36-16-30(2)52(78-8)22-40(36)45/h11-24H,25-28H2,1-10H3,(H,61,71)(H,62,72)(H2,63,67,73)(H2,64,68,74)(H2,65,69,75)(H2,66,70,76). The first-order chi connectivity index (χ1) is 38.5. The van der Waals surface area contributed by atoms with Gasteiger partial charge in [-0.2, -0.15) is 0 Å². The van der Waals surface area contributed by atoms with E-state index < -0.39 is 35.9 Å². The Morgan fingerprint density at radius 1 is 0.362 bits per heavy atom. The normalized spacial score (nSPS) is 13.4. The molecule has 4 bridgehead atoms. The molecule has 0 saturated heterocycles. The zero-order valence-corrected chi connectivity index (χ0v) is 46.0. The van der Waals surface area contributed by atoms with Crippen molar-refractivity contribution >= 4 is 102 Å². The molecule has 20 nitrogen and oxygen atoms in total. The van der Waals surface area contributed by atoms with Crippen LogP contribution in [0.25, 0.3) is 43.1 Å². The van der Waals surface area contributed by atoms with Gasteiger partial charge in [-0.25, -0.2) is 19.2 Å². The fourth-order valence-corrected chi connectivity index (χ4v) is 10.4. The summed E-state index contributed by atoms with van der Waals surface area (Å²) in [5, 5.41) is 34.7. The number of benzene rings is 8. The van der Waals surface area contributed by atoms with Crippen molar-refractivity contribution in [2.24, 2.45) is 0 Å². The molecule has 0 unspecified atom stereocenters. The smallest absolute Gasteiger partial charge is 0.319 e. The Balaban J connectivity index is 1.20. The lowest BCUT2D eigenvalue weighted by Gasteiger charge is -2.22. The van der Waals surface area contributed by atoms with Crippen LogP contribution in [0, 0.1) is 27.7 Å². The molecule has 0 atom stereocenters. The second kappa shape index (κ2) is 22.9. The number of hydrogen-bond donors (Lipinski definition) is 10. The van der Waals surface area contributed by atoms with Crippen LogP contribution in [-0.2, 0) is 26.2 Å². The highest BCUT2D eigenvalue weighted by atomic mass is 16.5. The molecular formula is C60H62N10O10. The number of amides is 10. The Hall–Kier alpha value is -9.98. The molecule has 412 valence electrons. The zero-order chi connectivity index (χ0) is 57.1. The van der Waals surface area contributed by atoms with E-state index in [2.05, 4.69) is 53.2 Å². The minimum atomic E-state index is -0.658. The first kappa shape index (κ1) is 54.8. The molecule has 0 radical (unpaired) electrons. The number of carbonyl (C=O) groups excluding carboxylic acids is 6. The SMILES string of the molecule is CNC(=O)c1ccc2c(c1)NC(=O)NCc1c3cc(C)c(OC)cc3c(c3cc(OC)c(C)cc13)CNC(=O)Nc1cc(C(=O)NC)ccc1NC(=O)NCc1c3cc(OC)c(C)cc3c(c3cc(C)c(OC)cc13)CNC(=O)N2. The maximum atomic E-state index is 14.3. The predicted molar refractivity (Wildman–Crippen MR) is 311 cm³/mol. The summed E-state index contributed by atoms with van der Waals surface area (Å²) in [4.78, 5) is 83.0. The number of carbonyl (C=O) groups is 6. The Kier molecular flexibility index (Phi) is 15.7. The summed E-state index contributed by atoms with van der Waals surface area (Å²) in [6.45, 7) is 7.58. The summed E-state index contributed by atoms with van der Waals surface area (Å²) in [7, 11) is 9.25. The molecular weight excluding hydrogens is 1020 g/mol. The Labute approximate surface area is 461 Å². The van der Waals surface area contributed by atoms with E-state index in [0.29, 0.717) is 55.7 Å². The van der Waals surface area contributed by atoms with Gasteiger partial charge in [0.25, 0.3) is 11.8 Å². The van der Waals surface area contributed by atoms with E-state index in [0.717, 1.165) is 54.9 Å². The summed E-state index contributed by atoms with van der Waals surface area (Å²) >= 11 is 0. The van der Waals surface area contributed by atoms with Crippen LogP contribution in [-0.4, -0.2) is 78.5 Å². The van der Waals surface area contributed by atoms with Crippen molar-refractivity contribution < 1.29 is 47.7 Å². The van der Waals surface area contributed by atoms with E-state index in [1.165, 1.54) is 50.5 Å². The van der Waals surface area contributed by atoms with Crippen molar-refractivity contribution in [1.82, 2.24) is 31.9 Å². The molecule has 1 aliphatic rings. The highest BCUT2D eigenvalue weighted by molar-refractivity contribution is 6.11. The Morgan fingerprint density at radius 2 is 0.600 bits per heavy atom. The van der Waals surface area contributed by atoms with E-state index in [9.17, 15) is 28.8 Å². The first-order valence-corrected chi connectivity index (χ1v) is 25.6. The highest BCUT2D eigenvalue weighted by Gasteiger charge is 2.24. The number of hydrogen-bond acceptors (Lipinski definition) is 10. The second-order valence-electron chi connectivity index (χ2n) is 19.3. The van der Waals surface area contributed by atoms with Crippen LogP contribution in [0.3, 0.4) is 0 Å². The molecule has 1 aliphatic heterocycles. The fourth-order valence-electron chi connectivity index (χ4n) is 10.4. The summed E-state index contributed by atoms with van der Waals surface area (Å²) < 4.78 is 23.3. The fraction of sp³-hybridized carbons (Fsp3) is 0.233. The number of anilines is 4. The Morgan fingerprint density at radius 3 is 0.838 bits per heavy atom. The van der Waals surface area contributed by atoms with Gasteiger partial charge in [0.05, 0.1) is 51.2 Å². The van der Waals surface area contributed by atoms with E-state index in [1.54, 1.807) is 28.4 Å². The van der Waals surface area contributed by atoms with Gasteiger partial charge in [0.15, 0.2) is 0 Å². The molecule has 0 spiro atoms. The molecule has 0 fully saturated rings. The summed E-state index contributed by atoms with van der Waals surface area (Å²) in [5.74, 6) is 1.48. The Bertz CT molecular complexity index is 3760. The topological polar surface area (TPSA) is 260 Å². The minimum Gasteiger partial charge on any atom is -0.496 e. The molecule has 9 rings (SSSR count). The van der Waals surface area contributed by atoms with Crippen LogP contribution >= 0.6 is 0 Å². The van der Waals surface area contributed by atoms with Gasteiger partial charge in [-0.3, -0.25) is 9.59 Å². The molecule has 8 aromatic carbocycles. The number of rotatable bonds is 6. The van der Waals surface area contributed by atoms with Crippen LogP contribution in [0.2, 0.25) is 0 Å². The van der Waals surface area contributed by atoms with Crippen LogP contribution in [0.5, 0.6) is 23.0 Å². The van der Waals surface area contributed by atoms with Crippen molar-refractivity contribution in [1.29, 1.82) is 0 Å². The maximum Gasteiger partial charge on any atom is 0.319 e. The van der Waals surface area contributed by atoms with Gasteiger partial charge in [0.2, 0.25) is 0 Å². The van der Waals surface area contributed by atoms with Crippen LogP contribution in [0.1, 0.15) is 65.2 Å². The average molecular weight is 1080 g/mol. The monoisotopic (exact) mass is 1080 g/mol. The molecule has 0 aliphatic carbocycles. The molecule has 0 saturated carbocycles. The highest BCUT2D eigenvalue weighted by Crippen LogP contribution is 2.42. The van der Waals surface area contributed by atoms with Crippen molar-refractivity contribution in [3.63, 3.8) is 0 Å². The summed E-state index contributed by atoms with van der Waals surface area (Å²) in [6.07, 6.45) is 0. The third kappa shape index (κ3) is 10.8. The van der Waals surface area contributed by atoms with Crippen molar-refractivity contribution in [2.75, 3.05) is 63.8 Å². The third-order valence-electron chi connectivity index (χ3n) is 14.5. The summed E-state index contributed by atoms with van der Waals surface area (Å²) in [6, 6.07) is 21.9. The van der Waals surface area contributed by atoms with E-state index >= 15 is 0 Å². The number of nitrogens with one attached hydrogen (secondary N) is 10. The molecule has 8 aromatic rings. The maximum absolute atomic E-state index is 14.3. The lowest BCUT2D eigenvalue weighted by atomic mass is 9.89. The van der Waals surface area contributed by atoms with Crippen molar-refractivity contribution in [3.05, 3.63) is 141 Å². The molecule has 10 N–H and O–H groups in total. The number of aryl methyl sites for hydroxylation is 4. The average Bonchev–Trinajstić information content (AvgIpc) is 3.53. The predicted octanol–water partition coefficient (Wildman–Crippen LogP) is 9.89. The van der Waals surface area contributed by atoms with Gasteiger partial charge in [-0.05, 0) is 200 Å².